The van der Waals surface area contributed by atoms with Crippen molar-refractivity contribution in [2.45, 2.75) is 33.1 Å². The molecule has 0 spiro atoms. The van der Waals surface area contributed by atoms with Crippen LogP contribution in [0.5, 0.6) is 0 Å². The Morgan fingerprint density at radius 3 is 2.24 bits per heavy atom. The van der Waals surface area contributed by atoms with Crippen LogP contribution in [-0.2, 0) is 14.3 Å². The summed E-state index contributed by atoms with van der Waals surface area (Å²) in [6.45, 7) is 3.54. The predicted molar refractivity (Wildman–Crippen MR) is 158 cm³/mol. The van der Waals surface area contributed by atoms with Crippen molar-refractivity contribution in [3.8, 4) is 11.3 Å². The predicted octanol–water partition coefficient (Wildman–Crippen LogP) is 6.09. The van der Waals surface area contributed by atoms with Gasteiger partial charge in [0, 0.05) is 16.5 Å². The van der Waals surface area contributed by atoms with E-state index in [9.17, 15) is 19.2 Å². The minimum absolute atomic E-state index is 0.0749. The van der Waals surface area contributed by atoms with Crippen LogP contribution in [0.25, 0.3) is 22.2 Å². The number of nitrogens with zero attached hydrogens (tertiary/aromatic N) is 2. The quantitative estimate of drug-likeness (QED) is 0.161. The third-order valence-corrected chi connectivity index (χ3v) is 9.45. The van der Waals surface area contributed by atoms with Gasteiger partial charge in [0.25, 0.3) is 0 Å². The van der Waals surface area contributed by atoms with Gasteiger partial charge >= 0.3 is 5.97 Å². The van der Waals surface area contributed by atoms with Gasteiger partial charge < -0.3 is 4.74 Å². The Morgan fingerprint density at radius 1 is 0.857 bits per heavy atom. The number of imide groups is 1. The number of ketones is 1. The smallest absolute Gasteiger partial charge is 0.339 e. The fourth-order valence-electron chi connectivity index (χ4n) is 7.14. The number of fused-ring (bicyclic) bond motifs is 6. The average molecular weight is 559 g/mol. The summed E-state index contributed by atoms with van der Waals surface area (Å²) in [4.78, 5) is 58.7. The molecule has 2 heterocycles. The lowest BCUT2D eigenvalue weighted by Crippen LogP contribution is -2.32. The number of carbonyl (C=O) groups is 4. The van der Waals surface area contributed by atoms with Crippen molar-refractivity contribution < 1.29 is 23.9 Å². The van der Waals surface area contributed by atoms with Crippen LogP contribution in [0.3, 0.4) is 0 Å². The van der Waals surface area contributed by atoms with Crippen molar-refractivity contribution in [1.82, 2.24) is 4.98 Å². The van der Waals surface area contributed by atoms with E-state index in [1.807, 2.05) is 50.2 Å². The number of hydrogen-bond acceptors (Lipinski definition) is 6. The van der Waals surface area contributed by atoms with Gasteiger partial charge in [0.1, 0.15) is 0 Å². The van der Waals surface area contributed by atoms with E-state index in [-0.39, 0.29) is 36.0 Å². The van der Waals surface area contributed by atoms with E-state index >= 15 is 0 Å². The van der Waals surface area contributed by atoms with Gasteiger partial charge in [-0.25, -0.2) is 9.78 Å². The SMILES string of the molecule is Cc1ccc(C(=O)COC(=O)c2cc(-c3ccc(N4C(=O)[C@H]5[C@@H]6CC[C@@H](C6)[C@@H]5C4=O)cc3)nc3ccccc23)cc1C. The molecule has 42 heavy (non-hydrogen) atoms. The molecule has 3 aliphatic rings. The number of carbonyl (C=O) groups excluding carboxylic acids is 4. The Hall–Kier alpha value is -4.65. The van der Waals surface area contributed by atoms with Crippen LogP contribution in [-0.4, -0.2) is 35.2 Å². The fourth-order valence-corrected chi connectivity index (χ4v) is 7.14. The molecule has 1 saturated heterocycles. The molecule has 2 saturated carbocycles. The van der Waals surface area contributed by atoms with Crippen molar-refractivity contribution in [1.29, 1.82) is 0 Å². The first-order valence-electron chi connectivity index (χ1n) is 14.5. The van der Waals surface area contributed by atoms with E-state index in [1.54, 1.807) is 36.4 Å². The van der Waals surface area contributed by atoms with Gasteiger partial charge in [0.15, 0.2) is 12.4 Å². The number of anilines is 1. The molecule has 3 fully saturated rings. The molecule has 7 rings (SSSR count). The van der Waals surface area contributed by atoms with Crippen molar-refractivity contribution in [3.63, 3.8) is 0 Å². The first-order chi connectivity index (χ1) is 20.3. The molecular formula is C35H30N2O5. The number of rotatable bonds is 6. The molecule has 2 amide bonds. The molecule has 4 aromatic rings. The summed E-state index contributed by atoms with van der Waals surface area (Å²) in [5.74, 6) is -0.721. The standard InChI is InChI=1S/C35H30N2O5/c1-19-7-8-22(15-20(19)2)30(38)18-42-35(41)27-17-29(36-28-6-4-3-5-26(27)28)21-11-13-25(14-12-21)37-33(39)31-23-9-10-24(16-23)32(31)34(37)40/h3-8,11-15,17,23-24,31-32H,9-10,16,18H2,1-2H3/t23-,24+,31-,32-/m0/s1. The molecule has 7 heteroatoms. The van der Waals surface area contributed by atoms with E-state index in [0.717, 1.165) is 36.0 Å². The molecular weight excluding hydrogens is 528 g/mol. The van der Waals surface area contributed by atoms with Gasteiger partial charge in [-0.05, 0) is 86.4 Å². The molecule has 1 aliphatic heterocycles. The van der Waals surface area contributed by atoms with Crippen LogP contribution in [0, 0.1) is 37.5 Å². The summed E-state index contributed by atoms with van der Waals surface area (Å²) in [5.41, 5.74) is 5.33. The highest BCUT2D eigenvalue weighted by Crippen LogP contribution is 2.56. The number of ether oxygens (including phenoxy) is 1. The zero-order valence-electron chi connectivity index (χ0n) is 23.5. The van der Waals surface area contributed by atoms with Crippen molar-refractivity contribution in [2.75, 3.05) is 11.5 Å². The van der Waals surface area contributed by atoms with E-state index in [4.69, 9.17) is 9.72 Å². The number of aromatic nitrogens is 1. The number of para-hydroxylation sites is 1. The van der Waals surface area contributed by atoms with Crippen LogP contribution in [0.15, 0.2) is 72.8 Å². The van der Waals surface area contributed by atoms with Crippen molar-refractivity contribution in [2.24, 2.45) is 23.7 Å². The fraction of sp³-hybridized carbons (Fsp3) is 0.286. The van der Waals surface area contributed by atoms with Crippen LogP contribution in [0.2, 0.25) is 0 Å². The minimum atomic E-state index is -0.613. The summed E-state index contributed by atoms with van der Waals surface area (Å²) in [6, 6.07) is 21.5. The van der Waals surface area contributed by atoms with Crippen molar-refractivity contribution in [3.05, 3.63) is 95.1 Å². The minimum Gasteiger partial charge on any atom is -0.454 e. The Morgan fingerprint density at radius 2 is 1.55 bits per heavy atom. The van der Waals surface area contributed by atoms with Crippen LogP contribution in [0.1, 0.15) is 51.1 Å². The second-order valence-electron chi connectivity index (χ2n) is 11.8. The Labute approximate surface area is 243 Å². The normalized spacial score (nSPS) is 22.6. The lowest BCUT2D eigenvalue weighted by Gasteiger charge is -2.19. The van der Waals surface area contributed by atoms with Gasteiger partial charge in [-0.1, -0.05) is 42.5 Å². The number of hydrogen-bond donors (Lipinski definition) is 0. The summed E-state index contributed by atoms with van der Waals surface area (Å²) >= 11 is 0. The Bertz CT molecular complexity index is 1770. The maximum atomic E-state index is 13.3. The number of pyridine rings is 1. The van der Waals surface area contributed by atoms with Crippen LogP contribution < -0.4 is 4.90 Å². The second kappa shape index (κ2) is 10.0. The first-order valence-corrected chi connectivity index (χ1v) is 14.5. The number of amides is 2. The monoisotopic (exact) mass is 558 g/mol. The van der Waals surface area contributed by atoms with Crippen molar-refractivity contribution >= 4 is 40.2 Å². The molecule has 3 aromatic carbocycles. The molecule has 0 unspecified atom stereocenters. The molecule has 1 aromatic heterocycles. The van der Waals surface area contributed by atoms with E-state index < -0.39 is 5.97 Å². The summed E-state index contributed by atoms with van der Waals surface area (Å²) in [5, 5.41) is 0.621. The van der Waals surface area contributed by atoms with Gasteiger partial charge in [-0.2, -0.15) is 0 Å². The number of Topliss-reactive ketones (excluding diaryl/α,β-unsaturated/α-hetero) is 1. The average Bonchev–Trinajstić information content (AvgIpc) is 3.70. The van der Waals surface area contributed by atoms with Crippen LogP contribution in [0.4, 0.5) is 5.69 Å². The third-order valence-electron chi connectivity index (χ3n) is 9.45. The molecule has 0 N–H and O–H groups in total. The molecule has 2 bridgehead atoms. The van der Waals surface area contributed by atoms with E-state index in [1.165, 1.54) is 4.90 Å². The molecule has 4 atom stereocenters. The Kier molecular flexibility index (Phi) is 6.26. The second-order valence-corrected chi connectivity index (χ2v) is 11.8. The zero-order valence-corrected chi connectivity index (χ0v) is 23.5. The summed E-state index contributed by atoms with van der Waals surface area (Å²) in [7, 11) is 0. The maximum absolute atomic E-state index is 13.3. The van der Waals surface area contributed by atoms with Gasteiger partial charge in [0.2, 0.25) is 11.8 Å². The largest absolute Gasteiger partial charge is 0.454 e. The van der Waals surface area contributed by atoms with Crippen LogP contribution >= 0.6 is 0 Å². The van der Waals surface area contributed by atoms with E-state index in [0.29, 0.717) is 45.2 Å². The number of aryl methyl sites for hydroxylation is 2. The highest BCUT2D eigenvalue weighted by molar-refractivity contribution is 6.22. The lowest BCUT2D eigenvalue weighted by atomic mass is 9.81. The summed E-state index contributed by atoms with van der Waals surface area (Å²) in [6.07, 6.45) is 3.07. The first kappa shape index (κ1) is 26.3. The van der Waals surface area contributed by atoms with Gasteiger partial charge in [-0.3, -0.25) is 19.3 Å². The highest BCUT2D eigenvalue weighted by Gasteiger charge is 2.61. The molecule has 2 aliphatic carbocycles. The topological polar surface area (TPSA) is 93.6 Å². The highest BCUT2D eigenvalue weighted by atomic mass is 16.5. The maximum Gasteiger partial charge on any atom is 0.339 e. The zero-order chi connectivity index (χ0) is 29.1. The molecule has 210 valence electrons. The lowest BCUT2D eigenvalue weighted by molar-refractivity contribution is -0.123. The molecule has 7 nitrogen and oxygen atoms in total. The number of esters is 1. The van der Waals surface area contributed by atoms with E-state index in [2.05, 4.69) is 0 Å². The van der Waals surface area contributed by atoms with Gasteiger partial charge in [0.05, 0.1) is 34.3 Å². The number of benzene rings is 3. The molecule has 0 radical (unpaired) electrons. The Balaban J connectivity index is 1.14. The third kappa shape index (κ3) is 4.23. The van der Waals surface area contributed by atoms with Gasteiger partial charge in [-0.15, -0.1) is 0 Å². The summed E-state index contributed by atoms with van der Waals surface area (Å²) < 4.78 is 5.48.